The Morgan fingerprint density at radius 1 is 1.27 bits per heavy atom. The van der Waals surface area contributed by atoms with Crippen molar-refractivity contribution >= 4 is 11.8 Å². The molecule has 2 amide bonds. The van der Waals surface area contributed by atoms with Crippen LogP contribution < -0.4 is 5.32 Å². The lowest BCUT2D eigenvalue weighted by Gasteiger charge is -2.31. The van der Waals surface area contributed by atoms with Crippen molar-refractivity contribution in [2.24, 2.45) is 5.92 Å². The van der Waals surface area contributed by atoms with Gasteiger partial charge in [-0.2, -0.15) is 0 Å². The molecule has 1 fully saturated rings. The van der Waals surface area contributed by atoms with Crippen molar-refractivity contribution in [2.75, 3.05) is 26.3 Å². The summed E-state index contributed by atoms with van der Waals surface area (Å²) in [6.07, 6.45) is 2.06. The smallest absolute Gasteiger partial charge is 0.274 e. The van der Waals surface area contributed by atoms with Gasteiger partial charge in [0, 0.05) is 19.2 Å². The molecule has 8 heteroatoms. The number of aromatic nitrogens is 1. The van der Waals surface area contributed by atoms with Crippen LogP contribution in [0.25, 0.3) is 11.5 Å². The predicted octanol–water partition coefficient (Wildman–Crippen LogP) is 1.94. The molecule has 0 radical (unpaired) electrons. The topological polar surface area (TPSA) is 97.8 Å². The molecular weight excluding hydrogens is 338 g/mol. The molecule has 0 saturated carbocycles. The second kappa shape index (κ2) is 8.18. The number of rotatable bonds is 6. The number of hydrogen-bond acceptors (Lipinski definition) is 6. The molecule has 3 heterocycles. The van der Waals surface area contributed by atoms with E-state index in [0.29, 0.717) is 44.2 Å². The Balaban J connectivity index is 1.69. The number of carbonyl (C=O) groups is 2. The van der Waals surface area contributed by atoms with Crippen molar-refractivity contribution < 1.29 is 23.3 Å². The van der Waals surface area contributed by atoms with Crippen LogP contribution in [0, 0.1) is 5.92 Å². The predicted molar refractivity (Wildman–Crippen MR) is 92.3 cm³/mol. The maximum absolute atomic E-state index is 12.8. The van der Waals surface area contributed by atoms with Crippen molar-refractivity contribution in [1.29, 1.82) is 0 Å². The largest absolute Gasteiger partial charge is 0.461 e. The summed E-state index contributed by atoms with van der Waals surface area (Å²) in [5.41, 5.74) is 0.111. The molecule has 1 N–H and O–H groups in total. The highest BCUT2D eigenvalue weighted by Gasteiger charge is 2.29. The molecule has 0 aliphatic carbocycles. The summed E-state index contributed by atoms with van der Waals surface area (Å²) in [5.74, 6) is 0.560. The van der Waals surface area contributed by atoms with Gasteiger partial charge < -0.3 is 23.9 Å². The molecule has 1 aliphatic rings. The Bertz CT molecular complexity index is 732. The summed E-state index contributed by atoms with van der Waals surface area (Å²) in [6.45, 7) is 6.13. The molecule has 2 aromatic heterocycles. The monoisotopic (exact) mass is 361 g/mol. The van der Waals surface area contributed by atoms with Crippen LogP contribution in [0.4, 0.5) is 0 Å². The van der Waals surface area contributed by atoms with Gasteiger partial charge in [-0.05, 0) is 24.5 Å². The fourth-order valence-corrected chi connectivity index (χ4v) is 2.85. The zero-order valence-corrected chi connectivity index (χ0v) is 14.9. The summed E-state index contributed by atoms with van der Waals surface area (Å²) >= 11 is 0. The SMILES string of the molecule is CC(C)C[C@@H](NC(=O)c1cc(-c2ccco2)on1)C(=O)N1CCOCC1. The fourth-order valence-electron chi connectivity index (χ4n) is 2.85. The number of carbonyl (C=O) groups excluding carboxylic acids is 2. The highest BCUT2D eigenvalue weighted by Crippen LogP contribution is 2.20. The number of furan rings is 1. The quantitative estimate of drug-likeness (QED) is 0.844. The average molecular weight is 361 g/mol. The molecule has 26 heavy (non-hydrogen) atoms. The second-order valence-corrected chi connectivity index (χ2v) is 6.65. The van der Waals surface area contributed by atoms with E-state index in [4.69, 9.17) is 13.7 Å². The van der Waals surface area contributed by atoms with Gasteiger partial charge in [-0.3, -0.25) is 9.59 Å². The zero-order chi connectivity index (χ0) is 18.5. The molecule has 1 saturated heterocycles. The van der Waals surface area contributed by atoms with E-state index in [0.717, 1.165) is 0 Å². The molecule has 3 rings (SSSR count). The van der Waals surface area contributed by atoms with Crippen LogP contribution in [0.5, 0.6) is 0 Å². The second-order valence-electron chi connectivity index (χ2n) is 6.65. The lowest BCUT2D eigenvalue weighted by atomic mass is 10.0. The van der Waals surface area contributed by atoms with Gasteiger partial charge in [0.15, 0.2) is 11.5 Å². The Morgan fingerprint density at radius 2 is 2.04 bits per heavy atom. The normalized spacial score (nSPS) is 15.9. The Labute approximate surface area is 151 Å². The molecule has 8 nitrogen and oxygen atoms in total. The lowest BCUT2D eigenvalue weighted by molar-refractivity contribution is -0.137. The number of morpholine rings is 1. The first-order chi connectivity index (χ1) is 12.5. The van der Waals surface area contributed by atoms with Gasteiger partial charge >= 0.3 is 0 Å². The number of ether oxygens (including phenoxy) is 1. The minimum atomic E-state index is -0.607. The Morgan fingerprint density at radius 3 is 2.69 bits per heavy atom. The van der Waals surface area contributed by atoms with E-state index in [9.17, 15) is 9.59 Å². The van der Waals surface area contributed by atoms with Gasteiger partial charge in [0.2, 0.25) is 11.7 Å². The van der Waals surface area contributed by atoms with E-state index in [1.165, 1.54) is 12.3 Å². The van der Waals surface area contributed by atoms with E-state index in [2.05, 4.69) is 10.5 Å². The minimum absolute atomic E-state index is 0.0925. The third-order valence-electron chi connectivity index (χ3n) is 4.14. The summed E-state index contributed by atoms with van der Waals surface area (Å²) in [4.78, 5) is 27.1. The van der Waals surface area contributed by atoms with Gasteiger partial charge in [0.1, 0.15) is 6.04 Å². The van der Waals surface area contributed by atoms with Gasteiger partial charge in [-0.25, -0.2) is 0 Å². The maximum atomic E-state index is 12.8. The van der Waals surface area contributed by atoms with Crippen LogP contribution in [-0.4, -0.2) is 54.2 Å². The standard InChI is InChI=1S/C18H23N3O5/c1-12(2)10-14(18(23)21-5-8-24-9-6-21)19-17(22)13-11-16(26-20-13)15-4-3-7-25-15/h3-4,7,11-12,14H,5-6,8-10H2,1-2H3,(H,19,22)/t14-/m1/s1. The van der Waals surface area contributed by atoms with Crippen LogP contribution in [0.3, 0.4) is 0 Å². The number of hydrogen-bond donors (Lipinski definition) is 1. The first-order valence-corrected chi connectivity index (χ1v) is 8.72. The molecular formula is C18H23N3O5. The summed E-state index contributed by atoms with van der Waals surface area (Å²) < 4.78 is 15.7. The lowest BCUT2D eigenvalue weighted by Crippen LogP contribution is -2.52. The van der Waals surface area contributed by atoms with Crippen LogP contribution in [-0.2, 0) is 9.53 Å². The van der Waals surface area contributed by atoms with E-state index in [1.807, 2.05) is 13.8 Å². The molecule has 2 aromatic rings. The summed E-state index contributed by atoms with van der Waals surface area (Å²) in [6, 6.07) is 4.33. The molecule has 140 valence electrons. The van der Waals surface area contributed by atoms with Crippen LogP contribution in [0.1, 0.15) is 30.8 Å². The fraction of sp³-hybridized carbons (Fsp3) is 0.500. The Kier molecular flexibility index (Phi) is 5.72. The first-order valence-electron chi connectivity index (χ1n) is 8.72. The average Bonchev–Trinajstić information content (AvgIpc) is 3.32. The van der Waals surface area contributed by atoms with E-state index < -0.39 is 11.9 Å². The molecule has 0 bridgehead atoms. The minimum Gasteiger partial charge on any atom is -0.461 e. The maximum Gasteiger partial charge on any atom is 0.274 e. The molecule has 1 atom stereocenters. The van der Waals surface area contributed by atoms with E-state index in [1.54, 1.807) is 17.0 Å². The molecule has 1 aliphatic heterocycles. The number of nitrogens with zero attached hydrogens (tertiary/aromatic N) is 2. The van der Waals surface area contributed by atoms with Crippen molar-refractivity contribution in [3.63, 3.8) is 0 Å². The van der Waals surface area contributed by atoms with Crippen molar-refractivity contribution in [1.82, 2.24) is 15.4 Å². The van der Waals surface area contributed by atoms with E-state index >= 15 is 0 Å². The van der Waals surface area contributed by atoms with Gasteiger partial charge in [0.25, 0.3) is 5.91 Å². The van der Waals surface area contributed by atoms with Gasteiger partial charge in [0.05, 0.1) is 19.5 Å². The van der Waals surface area contributed by atoms with E-state index in [-0.39, 0.29) is 17.5 Å². The van der Waals surface area contributed by atoms with Crippen LogP contribution >= 0.6 is 0 Å². The number of amides is 2. The molecule has 0 unspecified atom stereocenters. The third-order valence-corrected chi connectivity index (χ3v) is 4.14. The van der Waals surface area contributed by atoms with Gasteiger partial charge in [-0.15, -0.1) is 0 Å². The summed E-state index contributed by atoms with van der Waals surface area (Å²) in [5, 5.41) is 6.58. The van der Waals surface area contributed by atoms with Crippen molar-refractivity contribution in [3.05, 3.63) is 30.2 Å². The first kappa shape index (κ1) is 18.2. The molecule has 0 spiro atoms. The number of nitrogens with one attached hydrogen (secondary N) is 1. The van der Waals surface area contributed by atoms with Crippen LogP contribution in [0.2, 0.25) is 0 Å². The summed E-state index contributed by atoms with van der Waals surface area (Å²) in [7, 11) is 0. The van der Waals surface area contributed by atoms with Crippen molar-refractivity contribution in [2.45, 2.75) is 26.3 Å². The Hall–Kier alpha value is -2.61. The highest BCUT2D eigenvalue weighted by atomic mass is 16.5. The van der Waals surface area contributed by atoms with Crippen LogP contribution in [0.15, 0.2) is 33.4 Å². The zero-order valence-electron chi connectivity index (χ0n) is 14.9. The van der Waals surface area contributed by atoms with Gasteiger partial charge in [-0.1, -0.05) is 19.0 Å². The third kappa shape index (κ3) is 4.32. The molecule has 0 aromatic carbocycles. The van der Waals surface area contributed by atoms with Crippen molar-refractivity contribution in [3.8, 4) is 11.5 Å². The highest BCUT2D eigenvalue weighted by molar-refractivity contribution is 5.96.